The zero-order chi connectivity index (χ0) is 14.9. The Labute approximate surface area is 128 Å². The summed E-state index contributed by atoms with van der Waals surface area (Å²) in [5, 5.41) is 2.84. The lowest BCUT2D eigenvalue weighted by Gasteiger charge is -2.32. The molecule has 1 fully saturated rings. The number of carbonyl (C=O) groups excluding carboxylic acids is 2. The first-order valence-corrected chi connectivity index (χ1v) is 7.79. The van der Waals surface area contributed by atoms with E-state index in [0.717, 1.165) is 4.88 Å². The fourth-order valence-electron chi connectivity index (χ4n) is 2.19. The first kappa shape index (κ1) is 15.3. The third-order valence-electron chi connectivity index (χ3n) is 3.31. The number of amides is 2. The summed E-state index contributed by atoms with van der Waals surface area (Å²) in [7, 11) is 0. The molecule has 1 aromatic rings. The van der Waals surface area contributed by atoms with Crippen LogP contribution in [-0.4, -0.2) is 29.3 Å². The fraction of sp³-hybridized carbons (Fsp3) is 0.571. The molecule has 2 amide bonds. The van der Waals surface area contributed by atoms with Crippen LogP contribution in [-0.2, 0) is 16.1 Å². The molecule has 1 aliphatic heterocycles. The predicted octanol–water partition coefficient (Wildman–Crippen LogP) is 2.66. The summed E-state index contributed by atoms with van der Waals surface area (Å²) in [5.41, 5.74) is -0.303. The van der Waals surface area contributed by atoms with Crippen molar-refractivity contribution in [2.24, 2.45) is 5.41 Å². The maximum atomic E-state index is 12.6. The van der Waals surface area contributed by atoms with E-state index in [1.807, 2.05) is 32.9 Å². The number of rotatable bonds is 2. The average Bonchev–Trinajstić information content (AvgIpc) is 2.68. The van der Waals surface area contributed by atoms with Gasteiger partial charge in [-0.25, -0.2) is 0 Å². The minimum Gasteiger partial charge on any atom is -0.344 e. The summed E-state index contributed by atoms with van der Waals surface area (Å²) >= 11 is 7.39. The molecule has 1 aliphatic rings. The molecule has 2 heterocycles. The van der Waals surface area contributed by atoms with Crippen LogP contribution in [0.1, 0.15) is 32.1 Å². The van der Waals surface area contributed by atoms with Crippen molar-refractivity contribution in [2.45, 2.75) is 39.8 Å². The minimum atomic E-state index is -0.479. The van der Waals surface area contributed by atoms with Gasteiger partial charge in [-0.3, -0.25) is 9.59 Å². The lowest BCUT2D eigenvalue weighted by atomic mass is 9.86. The molecular weight excluding hydrogens is 296 g/mol. The van der Waals surface area contributed by atoms with E-state index >= 15 is 0 Å². The van der Waals surface area contributed by atoms with Gasteiger partial charge in [0.25, 0.3) is 0 Å². The van der Waals surface area contributed by atoms with Crippen LogP contribution in [0.3, 0.4) is 0 Å². The zero-order valence-electron chi connectivity index (χ0n) is 11.9. The molecule has 4 nitrogen and oxygen atoms in total. The van der Waals surface area contributed by atoms with Crippen molar-refractivity contribution in [1.29, 1.82) is 0 Å². The zero-order valence-corrected chi connectivity index (χ0v) is 13.5. The molecular formula is C14H19ClN2O2S. The number of halogens is 1. The summed E-state index contributed by atoms with van der Waals surface area (Å²) < 4.78 is 0.712. The normalized spacial score (nSPS) is 20.8. The van der Waals surface area contributed by atoms with Crippen molar-refractivity contribution < 1.29 is 9.59 Å². The van der Waals surface area contributed by atoms with Gasteiger partial charge >= 0.3 is 0 Å². The lowest BCUT2D eigenvalue weighted by Crippen LogP contribution is -2.51. The third-order valence-corrected chi connectivity index (χ3v) is 4.53. The van der Waals surface area contributed by atoms with E-state index in [0.29, 0.717) is 23.8 Å². The number of carbonyl (C=O) groups is 2. The van der Waals surface area contributed by atoms with Crippen molar-refractivity contribution in [3.8, 4) is 0 Å². The van der Waals surface area contributed by atoms with Gasteiger partial charge < -0.3 is 10.2 Å². The van der Waals surface area contributed by atoms with Crippen molar-refractivity contribution in [1.82, 2.24) is 10.2 Å². The minimum absolute atomic E-state index is 0.0205. The van der Waals surface area contributed by atoms with Crippen molar-refractivity contribution in [3.05, 3.63) is 21.3 Å². The van der Waals surface area contributed by atoms with E-state index < -0.39 is 6.04 Å². The molecule has 0 aliphatic carbocycles. The molecule has 1 aromatic heterocycles. The second-order valence-electron chi connectivity index (χ2n) is 6.08. The van der Waals surface area contributed by atoms with Crippen molar-refractivity contribution in [2.75, 3.05) is 6.54 Å². The molecule has 0 aromatic carbocycles. The van der Waals surface area contributed by atoms with Gasteiger partial charge in [-0.2, -0.15) is 0 Å². The molecule has 20 heavy (non-hydrogen) atoms. The molecule has 1 unspecified atom stereocenters. The monoisotopic (exact) mass is 314 g/mol. The molecule has 0 bridgehead atoms. The second-order valence-corrected chi connectivity index (χ2v) is 7.88. The highest BCUT2D eigenvalue weighted by molar-refractivity contribution is 7.16. The smallest absolute Gasteiger partial charge is 0.246 e. The Bertz CT molecular complexity index is 521. The van der Waals surface area contributed by atoms with E-state index in [4.69, 9.17) is 11.6 Å². The van der Waals surface area contributed by atoms with Gasteiger partial charge in [0.2, 0.25) is 11.8 Å². The Hall–Kier alpha value is -1.07. The largest absolute Gasteiger partial charge is 0.344 e. The third kappa shape index (κ3) is 3.52. The van der Waals surface area contributed by atoms with Crippen LogP contribution < -0.4 is 5.32 Å². The molecule has 0 saturated carbocycles. The first-order valence-electron chi connectivity index (χ1n) is 6.60. The summed E-state index contributed by atoms with van der Waals surface area (Å²) in [5.74, 6) is -0.0853. The van der Waals surface area contributed by atoms with Gasteiger partial charge in [0.05, 0.1) is 10.9 Å². The Morgan fingerprint density at radius 1 is 1.40 bits per heavy atom. The molecule has 1 N–H and O–H groups in total. The highest BCUT2D eigenvalue weighted by atomic mass is 35.5. The van der Waals surface area contributed by atoms with Gasteiger partial charge in [-0.1, -0.05) is 32.4 Å². The summed E-state index contributed by atoms with van der Waals surface area (Å²) in [6, 6.07) is 3.27. The van der Waals surface area contributed by atoms with E-state index in [9.17, 15) is 9.59 Å². The van der Waals surface area contributed by atoms with Crippen molar-refractivity contribution in [3.63, 3.8) is 0 Å². The summed E-state index contributed by atoms with van der Waals surface area (Å²) in [4.78, 5) is 27.2. The Morgan fingerprint density at radius 2 is 2.10 bits per heavy atom. The highest BCUT2D eigenvalue weighted by Gasteiger charge is 2.37. The van der Waals surface area contributed by atoms with Crippen LogP contribution >= 0.6 is 22.9 Å². The fourth-order valence-corrected chi connectivity index (χ4v) is 3.30. The van der Waals surface area contributed by atoms with Gasteiger partial charge in [0.1, 0.15) is 6.04 Å². The number of hydrogen-bond acceptors (Lipinski definition) is 3. The van der Waals surface area contributed by atoms with Crippen LogP contribution in [0, 0.1) is 5.41 Å². The number of hydrogen-bond donors (Lipinski definition) is 1. The number of thiophene rings is 1. The van der Waals surface area contributed by atoms with Gasteiger partial charge in [-0.05, 0) is 17.5 Å². The summed E-state index contributed by atoms with van der Waals surface area (Å²) in [6.07, 6.45) is 0.345. The van der Waals surface area contributed by atoms with Crippen LogP contribution in [0.4, 0.5) is 0 Å². The topological polar surface area (TPSA) is 49.4 Å². The van der Waals surface area contributed by atoms with Crippen LogP contribution in [0.5, 0.6) is 0 Å². The second kappa shape index (κ2) is 5.74. The number of nitrogens with zero attached hydrogens (tertiary/aromatic N) is 1. The molecule has 0 spiro atoms. The SMILES string of the molecule is CC(C)(C)C1NC(=O)CCN(Cc2ccc(Cl)s2)C1=O. The molecule has 110 valence electrons. The maximum absolute atomic E-state index is 12.6. The number of nitrogens with one attached hydrogen (secondary N) is 1. The highest BCUT2D eigenvalue weighted by Crippen LogP contribution is 2.26. The molecule has 1 atom stereocenters. The predicted molar refractivity (Wildman–Crippen MR) is 80.7 cm³/mol. The molecule has 6 heteroatoms. The standard InChI is InChI=1S/C14H19ClN2O2S/c1-14(2,3)12-13(19)17(7-6-11(18)16-12)8-9-4-5-10(15)20-9/h4-5,12H,6-8H2,1-3H3,(H,16,18). The van der Waals surface area contributed by atoms with E-state index in [-0.39, 0.29) is 17.2 Å². The summed E-state index contributed by atoms with van der Waals surface area (Å²) in [6.45, 7) is 6.84. The average molecular weight is 315 g/mol. The maximum Gasteiger partial charge on any atom is 0.246 e. The van der Waals surface area contributed by atoms with Gasteiger partial charge in [-0.15, -0.1) is 11.3 Å². The Morgan fingerprint density at radius 3 is 2.65 bits per heavy atom. The Kier molecular flexibility index (Phi) is 4.39. The van der Waals surface area contributed by atoms with E-state index in [1.54, 1.807) is 4.90 Å². The van der Waals surface area contributed by atoms with Crippen molar-refractivity contribution >= 4 is 34.8 Å². The van der Waals surface area contributed by atoms with E-state index in [1.165, 1.54) is 11.3 Å². The first-order chi connectivity index (χ1) is 9.27. The Balaban J connectivity index is 2.19. The van der Waals surface area contributed by atoms with Crippen LogP contribution in [0.25, 0.3) is 0 Å². The quantitative estimate of drug-likeness (QED) is 0.912. The molecule has 0 radical (unpaired) electrons. The van der Waals surface area contributed by atoms with Gasteiger partial charge in [0, 0.05) is 17.8 Å². The van der Waals surface area contributed by atoms with E-state index in [2.05, 4.69) is 5.32 Å². The van der Waals surface area contributed by atoms with Crippen LogP contribution in [0.15, 0.2) is 12.1 Å². The molecule has 2 rings (SSSR count). The molecule has 1 saturated heterocycles. The van der Waals surface area contributed by atoms with Crippen LogP contribution in [0.2, 0.25) is 4.34 Å². The lowest BCUT2D eigenvalue weighted by molar-refractivity contribution is -0.136. The van der Waals surface area contributed by atoms with Gasteiger partial charge in [0.15, 0.2) is 0 Å².